The highest BCUT2D eigenvalue weighted by molar-refractivity contribution is 5.97. The van der Waals surface area contributed by atoms with Crippen LogP contribution in [0.5, 0.6) is 5.75 Å². The van der Waals surface area contributed by atoms with E-state index < -0.39 is 0 Å². The number of phenolic OH excluding ortho intramolecular Hbond substituents is 1. The van der Waals surface area contributed by atoms with Crippen LogP contribution < -0.4 is 5.32 Å². The van der Waals surface area contributed by atoms with E-state index in [4.69, 9.17) is 0 Å². The topological polar surface area (TPSA) is 69.6 Å². The third-order valence-corrected chi connectivity index (χ3v) is 5.23. The van der Waals surface area contributed by atoms with Crippen LogP contribution in [0.15, 0.2) is 72.8 Å². The minimum Gasteiger partial charge on any atom is -0.508 e. The maximum atomic E-state index is 12.5. The molecule has 29 heavy (non-hydrogen) atoms. The van der Waals surface area contributed by atoms with Crippen molar-refractivity contribution in [1.29, 1.82) is 0 Å². The molecule has 0 atom stereocenters. The van der Waals surface area contributed by atoms with E-state index in [1.165, 1.54) is 46.2 Å². The average Bonchev–Trinajstić information content (AvgIpc) is 2.77. The van der Waals surface area contributed by atoms with E-state index in [1.807, 2.05) is 12.1 Å². The second-order valence-corrected chi connectivity index (χ2v) is 7.08. The lowest BCUT2D eigenvalue weighted by molar-refractivity contribution is -0.129. The van der Waals surface area contributed by atoms with E-state index in [9.17, 15) is 14.7 Å². The Kier molecular flexibility index (Phi) is 5.29. The molecule has 0 aliphatic carbocycles. The average molecular weight is 386 g/mol. The summed E-state index contributed by atoms with van der Waals surface area (Å²) >= 11 is 0. The molecule has 0 aromatic heterocycles. The number of phenols is 1. The Balaban J connectivity index is 1.38. The lowest BCUT2D eigenvalue weighted by atomic mass is 9.94. The predicted molar refractivity (Wildman–Crippen MR) is 114 cm³/mol. The number of carbonyl (C=O) groups is 2. The number of carbonyl (C=O) groups excluding carboxylic acids is 2. The Morgan fingerprint density at radius 3 is 2.48 bits per heavy atom. The van der Waals surface area contributed by atoms with Crippen molar-refractivity contribution in [3.05, 3.63) is 83.9 Å². The number of amides is 2. The predicted octanol–water partition coefficient (Wildman–Crippen LogP) is 3.59. The van der Waals surface area contributed by atoms with E-state index in [0.29, 0.717) is 18.7 Å². The number of aromatic hydroxyl groups is 1. The summed E-state index contributed by atoms with van der Waals surface area (Å²) in [5.41, 5.74) is 2.88. The maximum Gasteiger partial charge on any atom is 0.251 e. The normalized spacial score (nSPS) is 13.8. The standard InChI is InChI=1S/C24H22N2O3/c27-20-10-8-19(9-11-20)24(29)25-16-23(28)26-14-12-18(13-15-26)22-7-3-5-17-4-1-2-6-21(17)22/h1-12,27H,13-16H2,(H,25,29). The fourth-order valence-electron chi connectivity index (χ4n) is 3.63. The van der Waals surface area contributed by atoms with Crippen LogP contribution in [0.2, 0.25) is 0 Å². The van der Waals surface area contributed by atoms with Gasteiger partial charge in [0.25, 0.3) is 5.91 Å². The van der Waals surface area contributed by atoms with Gasteiger partial charge in [-0.1, -0.05) is 48.5 Å². The van der Waals surface area contributed by atoms with Crippen LogP contribution in [-0.4, -0.2) is 41.5 Å². The van der Waals surface area contributed by atoms with E-state index in [1.54, 1.807) is 4.90 Å². The van der Waals surface area contributed by atoms with Crippen molar-refractivity contribution in [2.24, 2.45) is 0 Å². The highest BCUT2D eigenvalue weighted by Gasteiger charge is 2.19. The van der Waals surface area contributed by atoms with Gasteiger partial charge in [-0.05, 0) is 52.6 Å². The van der Waals surface area contributed by atoms with Gasteiger partial charge in [0.2, 0.25) is 5.91 Å². The molecule has 2 N–H and O–H groups in total. The third kappa shape index (κ3) is 4.14. The van der Waals surface area contributed by atoms with Crippen LogP contribution in [-0.2, 0) is 4.79 Å². The molecule has 5 heteroatoms. The van der Waals surface area contributed by atoms with Crippen LogP contribution in [0.3, 0.4) is 0 Å². The van der Waals surface area contributed by atoms with Gasteiger partial charge >= 0.3 is 0 Å². The second-order valence-electron chi connectivity index (χ2n) is 7.08. The summed E-state index contributed by atoms with van der Waals surface area (Å²) in [6.45, 7) is 1.12. The summed E-state index contributed by atoms with van der Waals surface area (Å²) in [6, 6.07) is 20.5. The summed E-state index contributed by atoms with van der Waals surface area (Å²) in [7, 11) is 0. The highest BCUT2D eigenvalue weighted by Crippen LogP contribution is 2.29. The van der Waals surface area contributed by atoms with Crippen LogP contribution in [0.25, 0.3) is 16.3 Å². The maximum absolute atomic E-state index is 12.5. The van der Waals surface area contributed by atoms with Crippen molar-refractivity contribution in [3.8, 4) is 5.75 Å². The molecule has 0 saturated carbocycles. The van der Waals surface area contributed by atoms with Gasteiger partial charge in [-0.3, -0.25) is 9.59 Å². The molecule has 0 spiro atoms. The second kappa shape index (κ2) is 8.19. The van der Waals surface area contributed by atoms with Gasteiger partial charge in [-0.2, -0.15) is 0 Å². The van der Waals surface area contributed by atoms with Gasteiger partial charge in [-0.25, -0.2) is 0 Å². The van der Waals surface area contributed by atoms with E-state index >= 15 is 0 Å². The van der Waals surface area contributed by atoms with E-state index in [0.717, 1.165) is 6.42 Å². The summed E-state index contributed by atoms with van der Waals surface area (Å²) in [6.07, 6.45) is 2.89. The van der Waals surface area contributed by atoms with Crippen molar-refractivity contribution < 1.29 is 14.7 Å². The van der Waals surface area contributed by atoms with Crippen molar-refractivity contribution in [1.82, 2.24) is 10.2 Å². The molecule has 0 saturated heterocycles. The number of fused-ring (bicyclic) bond motifs is 1. The van der Waals surface area contributed by atoms with Crippen LogP contribution in [0.1, 0.15) is 22.3 Å². The molecule has 1 aliphatic heterocycles. The molecule has 5 nitrogen and oxygen atoms in total. The van der Waals surface area contributed by atoms with Gasteiger partial charge < -0.3 is 15.3 Å². The number of benzene rings is 3. The Hall–Kier alpha value is -3.60. The molecule has 0 radical (unpaired) electrons. The summed E-state index contributed by atoms with van der Waals surface area (Å²) in [5, 5.41) is 14.4. The van der Waals surface area contributed by atoms with Crippen LogP contribution in [0.4, 0.5) is 0 Å². The first-order valence-electron chi connectivity index (χ1n) is 9.64. The Bertz CT molecular complexity index is 1080. The van der Waals surface area contributed by atoms with Gasteiger partial charge in [0, 0.05) is 18.7 Å². The molecule has 1 aliphatic rings. The molecule has 0 unspecified atom stereocenters. The monoisotopic (exact) mass is 386 g/mol. The number of rotatable bonds is 4. The number of hydrogen-bond donors (Lipinski definition) is 2. The Morgan fingerprint density at radius 1 is 0.966 bits per heavy atom. The van der Waals surface area contributed by atoms with Crippen LogP contribution >= 0.6 is 0 Å². The van der Waals surface area contributed by atoms with Gasteiger partial charge in [0.15, 0.2) is 0 Å². The molecular formula is C24H22N2O3. The molecule has 3 aromatic carbocycles. The van der Waals surface area contributed by atoms with Crippen LogP contribution in [0, 0.1) is 0 Å². The minimum atomic E-state index is -0.331. The minimum absolute atomic E-state index is 0.0445. The lowest BCUT2D eigenvalue weighted by Crippen LogP contribution is -2.42. The van der Waals surface area contributed by atoms with Gasteiger partial charge in [-0.15, -0.1) is 0 Å². The number of nitrogens with zero attached hydrogens (tertiary/aromatic N) is 1. The first-order valence-corrected chi connectivity index (χ1v) is 9.64. The molecule has 4 rings (SSSR count). The van der Waals surface area contributed by atoms with Crippen molar-refractivity contribution in [3.63, 3.8) is 0 Å². The molecule has 0 bridgehead atoms. The van der Waals surface area contributed by atoms with E-state index in [2.05, 4.69) is 41.7 Å². The zero-order chi connectivity index (χ0) is 20.2. The van der Waals surface area contributed by atoms with Crippen molar-refractivity contribution in [2.75, 3.05) is 19.6 Å². The molecule has 0 fully saturated rings. The third-order valence-electron chi connectivity index (χ3n) is 5.23. The van der Waals surface area contributed by atoms with Crippen molar-refractivity contribution >= 4 is 28.2 Å². The molecule has 146 valence electrons. The molecular weight excluding hydrogens is 364 g/mol. The number of nitrogens with one attached hydrogen (secondary N) is 1. The highest BCUT2D eigenvalue weighted by atomic mass is 16.3. The zero-order valence-electron chi connectivity index (χ0n) is 16.0. The summed E-state index contributed by atoms with van der Waals surface area (Å²) < 4.78 is 0. The largest absolute Gasteiger partial charge is 0.508 e. The summed E-state index contributed by atoms with van der Waals surface area (Å²) in [5.74, 6) is -0.340. The fourth-order valence-corrected chi connectivity index (χ4v) is 3.63. The first kappa shape index (κ1) is 18.7. The number of hydrogen-bond acceptors (Lipinski definition) is 3. The fraction of sp³-hybridized carbons (Fsp3) is 0.167. The Morgan fingerprint density at radius 2 is 1.72 bits per heavy atom. The van der Waals surface area contributed by atoms with Gasteiger partial charge in [0.1, 0.15) is 5.75 Å². The SMILES string of the molecule is O=C(NCC(=O)N1CC=C(c2cccc3ccccc23)CC1)c1ccc(O)cc1. The smallest absolute Gasteiger partial charge is 0.251 e. The first-order chi connectivity index (χ1) is 14.1. The van der Waals surface area contributed by atoms with Crippen molar-refractivity contribution in [2.45, 2.75) is 6.42 Å². The van der Waals surface area contributed by atoms with Gasteiger partial charge in [0.05, 0.1) is 6.54 Å². The summed E-state index contributed by atoms with van der Waals surface area (Å²) in [4.78, 5) is 26.4. The Labute approximate surface area is 169 Å². The zero-order valence-corrected chi connectivity index (χ0v) is 16.0. The van der Waals surface area contributed by atoms with E-state index in [-0.39, 0.29) is 24.1 Å². The molecule has 2 amide bonds. The molecule has 3 aromatic rings. The molecule has 1 heterocycles. The quantitative estimate of drug-likeness (QED) is 0.720. The lowest BCUT2D eigenvalue weighted by Gasteiger charge is -2.27.